The normalized spacial score (nSPS) is 11.0. The molecule has 0 radical (unpaired) electrons. The van der Waals surface area contributed by atoms with Crippen LogP contribution in [0, 0.1) is 6.92 Å². The summed E-state index contributed by atoms with van der Waals surface area (Å²) in [5.41, 5.74) is 1.82. The van der Waals surface area contributed by atoms with Crippen molar-refractivity contribution in [3.63, 3.8) is 0 Å². The summed E-state index contributed by atoms with van der Waals surface area (Å²) in [7, 11) is 0. The molecule has 0 amide bonds. The van der Waals surface area contributed by atoms with Gasteiger partial charge in [-0.25, -0.2) is 4.98 Å². The number of hydrogen-bond donors (Lipinski definition) is 2. The van der Waals surface area contributed by atoms with E-state index in [9.17, 15) is 10.2 Å². The molecular formula is C17H13Cl2NO2S2. The van der Waals surface area contributed by atoms with E-state index in [1.165, 1.54) is 6.07 Å². The third-order valence-corrected chi connectivity index (χ3v) is 6.31. The van der Waals surface area contributed by atoms with Crippen molar-refractivity contribution in [1.82, 2.24) is 4.98 Å². The Hall–Kier alpha value is -1.40. The maximum atomic E-state index is 9.56. The minimum absolute atomic E-state index is 0.116. The molecule has 0 unspecified atom stereocenters. The summed E-state index contributed by atoms with van der Waals surface area (Å²) in [5.74, 6) is 0.487. The summed E-state index contributed by atoms with van der Waals surface area (Å²) in [5, 5.41) is 21.0. The van der Waals surface area contributed by atoms with Crippen molar-refractivity contribution in [3.8, 4) is 22.1 Å². The van der Waals surface area contributed by atoms with Gasteiger partial charge in [-0.2, -0.15) is 0 Å². The number of thiazole rings is 1. The lowest BCUT2D eigenvalue weighted by Crippen LogP contribution is -1.81. The van der Waals surface area contributed by atoms with E-state index in [0.29, 0.717) is 10.0 Å². The van der Waals surface area contributed by atoms with Crippen LogP contribution in [0.4, 0.5) is 0 Å². The lowest BCUT2D eigenvalue weighted by Gasteiger charge is -2.03. The topological polar surface area (TPSA) is 53.4 Å². The minimum Gasteiger partial charge on any atom is -0.504 e. The number of halogens is 2. The molecule has 0 atom stereocenters. The van der Waals surface area contributed by atoms with Crippen LogP contribution in [-0.2, 0) is 5.75 Å². The molecule has 3 aromatic rings. The highest BCUT2D eigenvalue weighted by Crippen LogP contribution is 2.37. The lowest BCUT2D eigenvalue weighted by molar-refractivity contribution is 0.402. The predicted octanol–water partition coefficient (Wildman–Crippen LogP) is 6.13. The Morgan fingerprint density at radius 2 is 1.88 bits per heavy atom. The zero-order chi connectivity index (χ0) is 17.3. The highest BCUT2D eigenvalue weighted by molar-refractivity contribution is 7.98. The van der Waals surface area contributed by atoms with Crippen LogP contribution in [0.25, 0.3) is 10.6 Å². The number of phenols is 2. The van der Waals surface area contributed by atoms with Crippen LogP contribution in [0.2, 0.25) is 10.0 Å². The van der Waals surface area contributed by atoms with E-state index in [0.717, 1.165) is 31.8 Å². The van der Waals surface area contributed by atoms with E-state index in [4.69, 9.17) is 23.2 Å². The molecule has 0 saturated carbocycles. The minimum atomic E-state index is -0.118. The Balaban J connectivity index is 1.80. The summed E-state index contributed by atoms with van der Waals surface area (Å²) < 4.78 is 0. The smallest absolute Gasteiger partial charge is 0.158 e. The van der Waals surface area contributed by atoms with Gasteiger partial charge in [0.05, 0.1) is 10.7 Å². The first-order valence-electron chi connectivity index (χ1n) is 7.00. The second-order valence-corrected chi connectivity index (χ2v) is 8.07. The van der Waals surface area contributed by atoms with Crippen LogP contribution in [0.3, 0.4) is 0 Å². The number of aromatic hydroxyl groups is 2. The van der Waals surface area contributed by atoms with Gasteiger partial charge in [-0.05, 0) is 43.3 Å². The van der Waals surface area contributed by atoms with Gasteiger partial charge in [-0.15, -0.1) is 23.1 Å². The summed E-state index contributed by atoms with van der Waals surface area (Å²) in [6.07, 6.45) is 0. The fourth-order valence-electron chi connectivity index (χ4n) is 2.08. The summed E-state index contributed by atoms with van der Waals surface area (Å²) in [6, 6.07) is 10.2. The molecule has 0 aliphatic carbocycles. The number of benzene rings is 2. The van der Waals surface area contributed by atoms with Gasteiger partial charge in [-0.3, -0.25) is 0 Å². The van der Waals surface area contributed by atoms with Crippen LogP contribution in [0.5, 0.6) is 11.5 Å². The van der Waals surface area contributed by atoms with E-state index < -0.39 is 0 Å². The molecule has 3 nitrogen and oxygen atoms in total. The fraction of sp³-hybridized carbons (Fsp3) is 0.118. The third kappa shape index (κ3) is 3.81. The van der Waals surface area contributed by atoms with Gasteiger partial charge < -0.3 is 10.2 Å². The van der Waals surface area contributed by atoms with Crippen molar-refractivity contribution in [2.24, 2.45) is 0 Å². The average molecular weight is 398 g/mol. The van der Waals surface area contributed by atoms with Crippen molar-refractivity contribution < 1.29 is 10.2 Å². The van der Waals surface area contributed by atoms with E-state index in [1.807, 2.05) is 13.0 Å². The standard InChI is InChI=1S/C17H13Cl2NO2S2/c1-9-16(8-23-11-3-5-14(21)15(22)7-11)24-17(20-9)12-4-2-10(18)6-13(12)19/h2-7,21-22H,8H2,1H3. The highest BCUT2D eigenvalue weighted by Gasteiger charge is 2.13. The van der Waals surface area contributed by atoms with Gasteiger partial charge in [-0.1, -0.05) is 23.2 Å². The Kier molecular flexibility index (Phi) is 5.25. The van der Waals surface area contributed by atoms with Crippen molar-refractivity contribution >= 4 is 46.3 Å². The van der Waals surface area contributed by atoms with Crippen molar-refractivity contribution in [1.29, 1.82) is 0 Å². The molecule has 0 bridgehead atoms. The number of aromatic nitrogens is 1. The summed E-state index contributed by atoms with van der Waals surface area (Å²) in [4.78, 5) is 6.62. The maximum absolute atomic E-state index is 9.56. The molecule has 0 aliphatic heterocycles. The second-order valence-electron chi connectivity index (χ2n) is 5.09. The molecule has 2 aromatic carbocycles. The molecule has 0 saturated heterocycles. The lowest BCUT2D eigenvalue weighted by atomic mass is 10.2. The first kappa shape index (κ1) is 17.4. The van der Waals surface area contributed by atoms with Crippen molar-refractivity contribution in [3.05, 3.63) is 57.0 Å². The number of thioether (sulfide) groups is 1. The van der Waals surface area contributed by atoms with Crippen LogP contribution >= 0.6 is 46.3 Å². The van der Waals surface area contributed by atoms with Gasteiger partial charge in [0.25, 0.3) is 0 Å². The van der Waals surface area contributed by atoms with Gasteiger partial charge >= 0.3 is 0 Å². The molecule has 1 heterocycles. The molecule has 1 aromatic heterocycles. The van der Waals surface area contributed by atoms with E-state index in [2.05, 4.69) is 4.98 Å². The summed E-state index contributed by atoms with van der Waals surface area (Å²) in [6.45, 7) is 1.97. The molecule has 3 rings (SSSR count). The molecule has 2 N–H and O–H groups in total. The first-order chi connectivity index (χ1) is 11.4. The van der Waals surface area contributed by atoms with Crippen LogP contribution < -0.4 is 0 Å². The van der Waals surface area contributed by atoms with Crippen LogP contribution in [0.15, 0.2) is 41.3 Å². The SMILES string of the molecule is Cc1nc(-c2ccc(Cl)cc2Cl)sc1CSc1ccc(O)c(O)c1. The van der Waals surface area contributed by atoms with Crippen LogP contribution in [-0.4, -0.2) is 15.2 Å². The Bertz CT molecular complexity index is 896. The Morgan fingerprint density at radius 1 is 1.08 bits per heavy atom. The molecule has 0 spiro atoms. The number of phenolic OH excluding ortho intramolecular Hbond substituents is 2. The fourth-order valence-corrected chi connectivity index (χ4v) is 4.81. The number of hydrogen-bond acceptors (Lipinski definition) is 5. The van der Waals surface area contributed by atoms with Gasteiger partial charge in [0.15, 0.2) is 11.5 Å². The van der Waals surface area contributed by atoms with Crippen molar-refractivity contribution in [2.75, 3.05) is 0 Å². The van der Waals surface area contributed by atoms with Crippen LogP contribution in [0.1, 0.15) is 10.6 Å². The molecule has 7 heteroatoms. The van der Waals surface area contributed by atoms with E-state index >= 15 is 0 Å². The van der Waals surface area contributed by atoms with Gasteiger partial charge in [0, 0.05) is 26.1 Å². The van der Waals surface area contributed by atoms with E-state index in [-0.39, 0.29) is 11.5 Å². The van der Waals surface area contributed by atoms with Gasteiger partial charge in [0.2, 0.25) is 0 Å². The quantitative estimate of drug-likeness (QED) is 0.410. The first-order valence-corrected chi connectivity index (χ1v) is 9.56. The second kappa shape index (κ2) is 7.23. The predicted molar refractivity (Wildman–Crippen MR) is 102 cm³/mol. The maximum Gasteiger partial charge on any atom is 0.158 e. The molecule has 24 heavy (non-hydrogen) atoms. The third-order valence-electron chi connectivity index (χ3n) is 3.37. The number of rotatable bonds is 4. The van der Waals surface area contributed by atoms with Crippen molar-refractivity contribution in [2.45, 2.75) is 17.6 Å². The molecule has 0 aliphatic rings. The zero-order valence-electron chi connectivity index (χ0n) is 12.6. The Labute approximate surface area is 157 Å². The zero-order valence-corrected chi connectivity index (χ0v) is 15.7. The average Bonchev–Trinajstić information content (AvgIpc) is 2.89. The summed E-state index contributed by atoms with van der Waals surface area (Å²) >= 11 is 15.4. The number of nitrogens with zero attached hydrogens (tertiary/aromatic N) is 1. The Morgan fingerprint density at radius 3 is 2.58 bits per heavy atom. The van der Waals surface area contributed by atoms with E-state index in [1.54, 1.807) is 47.4 Å². The largest absolute Gasteiger partial charge is 0.504 e. The number of aryl methyl sites for hydroxylation is 1. The molecular weight excluding hydrogens is 385 g/mol. The monoisotopic (exact) mass is 397 g/mol. The highest BCUT2D eigenvalue weighted by atomic mass is 35.5. The molecule has 0 fully saturated rings. The molecule has 124 valence electrons. The van der Waals surface area contributed by atoms with Gasteiger partial charge in [0.1, 0.15) is 5.01 Å².